The average Bonchev–Trinajstić information content (AvgIpc) is 2.37. The van der Waals surface area contributed by atoms with E-state index in [0.29, 0.717) is 13.1 Å². The molecule has 1 amide bonds. The summed E-state index contributed by atoms with van der Waals surface area (Å²) >= 11 is 0. The summed E-state index contributed by atoms with van der Waals surface area (Å²) in [5.74, 6) is -2.43. The summed E-state index contributed by atoms with van der Waals surface area (Å²) in [6, 6.07) is 8.00. The maximum Gasteiger partial charge on any atom is 0.316 e. The number of carboxylic acid groups (broad SMARTS) is 1. The number of hydrogen-bond donors (Lipinski definition) is 1. The Morgan fingerprint density at radius 2 is 1.84 bits per heavy atom. The van der Waals surface area contributed by atoms with Gasteiger partial charge in [0, 0.05) is 13.1 Å². The molecule has 0 saturated heterocycles. The van der Waals surface area contributed by atoms with E-state index < -0.39 is 11.9 Å². The Morgan fingerprint density at radius 1 is 1.21 bits per heavy atom. The molecule has 1 atom stereocenters. The zero-order valence-corrected chi connectivity index (χ0v) is 11.3. The van der Waals surface area contributed by atoms with Crippen LogP contribution in [0.3, 0.4) is 0 Å². The van der Waals surface area contributed by atoms with E-state index in [4.69, 9.17) is 0 Å². The highest BCUT2D eigenvalue weighted by Gasteiger charge is 2.34. The first kappa shape index (κ1) is 13.6. The first-order valence-electron chi connectivity index (χ1n) is 6.59. The Hall–Kier alpha value is -1.84. The summed E-state index contributed by atoms with van der Waals surface area (Å²) in [7, 11) is 0. The van der Waals surface area contributed by atoms with Crippen LogP contribution in [0.4, 0.5) is 0 Å². The normalized spacial score (nSPS) is 16.1. The fourth-order valence-corrected chi connectivity index (χ4v) is 2.56. The topological polar surface area (TPSA) is 57.6 Å². The molecular weight excluding hydrogens is 242 g/mol. The molecule has 1 aliphatic heterocycles. The summed E-state index contributed by atoms with van der Waals surface area (Å²) in [6.07, 6.45) is 0.798. The van der Waals surface area contributed by atoms with Gasteiger partial charge in [0.2, 0.25) is 5.91 Å². The Bertz CT molecular complexity index is 496. The van der Waals surface area contributed by atoms with Crippen LogP contribution in [-0.2, 0) is 22.6 Å². The first-order chi connectivity index (χ1) is 9.00. The lowest BCUT2D eigenvalue weighted by atomic mass is 9.92. The van der Waals surface area contributed by atoms with Gasteiger partial charge < -0.3 is 10.0 Å². The smallest absolute Gasteiger partial charge is 0.316 e. The van der Waals surface area contributed by atoms with Crippen molar-refractivity contribution in [3.8, 4) is 0 Å². The minimum Gasteiger partial charge on any atom is -0.481 e. The van der Waals surface area contributed by atoms with Crippen molar-refractivity contribution in [2.75, 3.05) is 6.54 Å². The molecule has 0 aromatic heterocycles. The van der Waals surface area contributed by atoms with Crippen molar-refractivity contribution in [2.24, 2.45) is 11.8 Å². The lowest BCUT2D eigenvalue weighted by Gasteiger charge is -2.31. The largest absolute Gasteiger partial charge is 0.481 e. The molecule has 1 N–H and O–H groups in total. The van der Waals surface area contributed by atoms with Gasteiger partial charge in [-0.15, -0.1) is 0 Å². The maximum absolute atomic E-state index is 12.3. The van der Waals surface area contributed by atoms with E-state index in [2.05, 4.69) is 6.07 Å². The molecule has 4 heteroatoms. The molecule has 1 aromatic rings. The van der Waals surface area contributed by atoms with E-state index in [9.17, 15) is 14.7 Å². The molecule has 19 heavy (non-hydrogen) atoms. The SMILES string of the molecule is CC(C)C(C(=O)O)C(=O)N1CCc2ccccc2C1. The zero-order valence-electron chi connectivity index (χ0n) is 11.3. The Morgan fingerprint density at radius 3 is 2.42 bits per heavy atom. The monoisotopic (exact) mass is 261 g/mol. The molecule has 4 nitrogen and oxygen atoms in total. The van der Waals surface area contributed by atoms with E-state index >= 15 is 0 Å². The molecule has 1 aliphatic rings. The van der Waals surface area contributed by atoms with Gasteiger partial charge in [0.25, 0.3) is 0 Å². The molecule has 102 valence electrons. The molecule has 0 spiro atoms. The minimum atomic E-state index is -1.03. The Labute approximate surface area is 113 Å². The number of aliphatic carboxylic acids is 1. The van der Waals surface area contributed by atoms with E-state index in [-0.39, 0.29) is 11.8 Å². The summed E-state index contributed by atoms with van der Waals surface area (Å²) in [6.45, 7) is 4.67. The third-order valence-corrected chi connectivity index (χ3v) is 3.64. The average molecular weight is 261 g/mol. The first-order valence-corrected chi connectivity index (χ1v) is 6.59. The van der Waals surface area contributed by atoms with E-state index in [1.165, 1.54) is 5.56 Å². The minimum absolute atomic E-state index is 0.192. The van der Waals surface area contributed by atoms with Crippen molar-refractivity contribution >= 4 is 11.9 Å². The van der Waals surface area contributed by atoms with Crippen LogP contribution in [0.1, 0.15) is 25.0 Å². The molecule has 1 aromatic carbocycles. The van der Waals surface area contributed by atoms with Gasteiger partial charge in [-0.25, -0.2) is 0 Å². The van der Waals surface area contributed by atoms with E-state index in [0.717, 1.165) is 12.0 Å². The number of carbonyl (C=O) groups is 2. The molecular formula is C15H19NO3. The van der Waals surface area contributed by atoms with Gasteiger partial charge in [0.1, 0.15) is 5.92 Å². The number of fused-ring (bicyclic) bond motifs is 1. The highest BCUT2D eigenvalue weighted by Crippen LogP contribution is 2.22. The molecule has 0 radical (unpaired) electrons. The quantitative estimate of drug-likeness (QED) is 0.846. The van der Waals surface area contributed by atoms with Crippen LogP contribution >= 0.6 is 0 Å². The van der Waals surface area contributed by atoms with Gasteiger partial charge in [-0.2, -0.15) is 0 Å². The van der Waals surface area contributed by atoms with Crippen molar-refractivity contribution in [3.63, 3.8) is 0 Å². The van der Waals surface area contributed by atoms with Crippen molar-refractivity contribution in [2.45, 2.75) is 26.8 Å². The third-order valence-electron chi connectivity index (χ3n) is 3.64. The lowest BCUT2D eigenvalue weighted by Crippen LogP contribution is -2.44. The Balaban J connectivity index is 2.16. The van der Waals surface area contributed by atoms with Gasteiger partial charge in [0.05, 0.1) is 0 Å². The van der Waals surface area contributed by atoms with Crippen molar-refractivity contribution in [3.05, 3.63) is 35.4 Å². The van der Waals surface area contributed by atoms with Crippen LogP contribution in [0.5, 0.6) is 0 Å². The molecule has 0 fully saturated rings. The second-order valence-electron chi connectivity index (χ2n) is 5.34. The van der Waals surface area contributed by atoms with Crippen LogP contribution in [-0.4, -0.2) is 28.4 Å². The number of hydrogen-bond acceptors (Lipinski definition) is 2. The highest BCUT2D eigenvalue weighted by atomic mass is 16.4. The van der Waals surface area contributed by atoms with Crippen LogP contribution in [0, 0.1) is 11.8 Å². The predicted octanol–water partition coefficient (Wildman–Crippen LogP) is 1.93. The number of benzene rings is 1. The van der Waals surface area contributed by atoms with Crippen LogP contribution in [0.25, 0.3) is 0 Å². The van der Waals surface area contributed by atoms with Crippen molar-refractivity contribution in [1.82, 2.24) is 4.90 Å². The fraction of sp³-hybridized carbons (Fsp3) is 0.467. The molecule has 1 heterocycles. The molecule has 0 aliphatic carbocycles. The lowest BCUT2D eigenvalue weighted by molar-refractivity contribution is -0.153. The second kappa shape index (κ2) is 5.43. The summed E-state index contributed by atoms with van der Waals surface area (Å²) < 4.78 is 0. The predicted molar refractivity (Wildman–Crippen MR) is 71.5 cm³/mol. The van der Waals surface area contributed by atoms with E-state index in [1.807, 2.05) is 18.2 Å². The molecule has 0 saturated carbocycles. The number of amides is 1. The van der Waals surface area contributed by atoms with Gasteiger partial charge in [-0.05, 0) is 23.5 Å². The number of carboxylic acids is 1. The summed E-state index contributed by atoms with van der Waals surface area (Å²) in [4.78, 5) is 25.2. The zero-order chi connectivity index (χ0) is 14.0. The standard InChI is InChI=1S/C15H19NO3/c1-10(2)13(15(18)19)14(17)16-8-7-11-5-3-4-6-12(11)9-16/h3-6,10,13H,7-9H2,1-2H3,(H,18,19). The molecule has 0 bridgehead atoms. The van der Waals surface area contributed by atoms with Gasteiger partial charge >= 0.3 is 5.97 Å². The number of nitrogens with zero attached hydrogens (tertiary/aromatic N) is 1. The molecule has 1 unspecified atom stereocenters. The third kappa shape index (κ3) is 2.78. The van der Waals surface area contributed by atoms with Gasteiger partial charge in [-0.3, -0.25) is 9.59 Å². The fourth-order valence-electron chi connectivity index (χ4n) is 2.56. The van der Waals surface area contributed by atoms with Crippen LogP contribution in [0.15, 0.2) is 24.3 Å². The maximum atomic E-state index is 12.3. The van der Waals surface area contributed by atoms with Gasteiger partial charge in [-0.1, -0.05) is 38.1 Å². The van der Waals surface area contributed by atoms with Crippen molar-refractivity contribution < 1.29 is 14.7 Å². The van der Waals surface area contributed by atoms with Crippen LogP contribution in [0.2, 0.25) is 0 Å². The second-order valence-corrected chi connectivity index (χ2v) is 5.34. The molecule has 2 rings (SSSR count). The number of carbonyl (C=O) groups excluding carboxylic acids is 1. The summed E-state index contributed by atoms with van der Waals surface area (Å²) in [5.41, 5.74) is 2.37. The van der Waals surface area contributed by atoms with Gasteiger partial charge in [0.15, 0.2) is 0 Å². The van der Waals surface area contributed by atoms with E-state index in [1.54, 1.807) is 18.7 Å². The summed E-state index contributed by atoms with van der Waals surface area (Å²) in [5, 5.41) is 9.19. The van der Waals surface area contributed by atoms with Crippen molar-refractivity contribution in [1.29, 1.82) is 0 Å². The Kier molecular flexibility index (Phi) is 3.88. The highest BCUT2D eigenvalue weighted by molar-refractivity contribution is 5.97. The van der Waals surface area contributed by atoms with Crippen LogP contribution < -0.4 is 0 Å². The number of rotatable bonds is 3.